The third-order valence-corrected chi connectivity index (χ3v) is 4.95. The molecule has 6 heteroatoms. The van der Waals surface area contributed by atoms with Crippen molar-refractivity contribution in [3.05, 3.63) is 29.3 Å². The molecule has 122 valence electrons. The van der Waals surface area contributed by atoms with Crippen molar-refractivity contribution in [1.82, 2.24) is 4.90 Å². The summed E-state index contributed by atoms with van der Waals surface area (Å²) in [5.74, 6) is -0.0333. The van der Waals surface area contributed by atoms with Gasteiger partial charge in [0.1, 0.15) is 5.41 Å². The summed E-state index contributed by atoms with van der Waals surface area (Å²) in [6, 6.07) is 10.0. The summed E-state index contributed by atoms with van der Waals surface area (Å²) in [7, 11) is 0. The summed E-state index contributed by atoms with van der Waals surface area (Å²) in [6.45, 7) is 3.75. The number of carbonyl (C=O) groups is 1. The molecule has 2 fully saturated rings. The number of ether oxygens (including phenoxy) is 1. The van der Waals surface area contributed by atoms with Gasteiger partial charge in [-0.15, -0.1) is 0 Å². The van der Waals surface area contributed by atoms with E-state index in [9.17, 15) is 10.1 Å². The SMILES string of the molecule is N#CC1(C(=O)N2CCN(c3cccc(Cl)c3)CC2)CCOCC1. The highest BCUT2D eigenvalue weighted by Gasteiger charge is 2.43. The van der Waals surface area contributed by atoms with Gasteiger partial charge in [0.25, 0.3) is 0 Å². The molecule has 3 rings (SSSR count). The lowest BCUT2D eigenvalue weighted by Gasteiger charge is -2.40. The van der Waals surface area contributed by atoms with Gasteiger partial charge in [0.15, 0.2) is 0 Å². The average molecular weight is 334 g/mol. The molecule has 0 unspecified atom stereocenters. The smallest absolute Gasteiger partial charge is 0.243 e. The molecule has 2 saturated heterocycles. The van der Waals surface area contributed by atoms with E-state index in [4.69, 9.17) is 16.3 Å². The summed E-state index contributed by atoms with van der Waals surface area (Å²) >= 11 is 6.04. The predicted molar refractivity (Wildman–Crippen MR) is 88.3 cm³/mol. The van der Waals surface area contributed by atoms with Gasteiger partial charge in [-0.1, -0.05) is 17.7 Å². The van der Waals surface area contributed by atoms with Crippen LogP contribution in [0.2, 0.25) is 5.02 Å². The second-order valence-corrected chi connectivity index (χ2v) is 6.50. The number of halogens is 1. The zero-order valence-corrected chi connectivity index (χ0v) is 13.8. The number of hydrogen-bond donors (Lipinski definition) is 0. The van der Waals surface area contributed by atoms with Crippen molar-refractivity contribution in [3.8, 4) is 6.07 Å². The van der Waals surface area contributed by atoms with E-state index in [1.54, 1.807) is 0 Å². The summed E-state index contributed by atoms with van der Waals surface area (Å²) in [4.78, 5) is 16.9. The standard InChI is InChI=1S/C17H20ClN3O2/c18-14-2-1-3-15(12-14)20-6-8-21(9-7-20)16(22)17(13-19)4-10-23-11-5-17/h1-3,12H,4-11H2. The van der Waals surface area contributed by atoms with Crippen molar-refractivity contribution >= 4 is 23.2 Å². The highest BCUT2D eigenvalue weighted by atomic mass is 35.5. The first kappa shape index (κ1) is 16.1. The first-order chi connectivity index (χ1) is 11.1. The Bertz CT molecular complexity index is 615. The fraction of sp³-hybridized carbons (Fsp3) is 0.529. The largest absolute Gasteiger partial charge is 0.381 e. The Kier molecular flexibility index (Phi) is 4.74. The van der Waals surface area contributed by atoms with Crippen molar-refractivity contribution in [2.75, 3.05) is 44.3 Å². The molecular weight excluding hydrogens is 314 g/mol. The molecule has 5 nitrogen and oxygen atoms in total. The predicted octanol–water partition coefficient (Wildman–Crippen LogP) is 2.31. The van der Waals surface area contributed by atoms with Gasteiger partial charge in [0.05, 0.1) is 6.07 Å². The van der Waals surface area contributed by atoms with Crippen molar-refractivity contribution < 1.29 is 9.53 Å². The molecule has 0 spiro atoms. The number of nitrogens with zero attached hydrogens (tertiary/aromatic N) is 3. The Hall–Kier alpha value is -1.77. The summed E-state index contributed by atoms with van der Waals surface area (Å²) in [6.07, 6.45) is 0.994. The van der Waals surface area contributed by atoms with Crippen LogP contribution in [0.3, 0.4) is 0 Å². The maximum Gasteiger partial charge on any atom is 0.243 e. The van der Waals surface area contributed by atoms with Gasteiger partial charge in [0.2, 0.25) is 5.91 Å². The lowest BCUT2D eigenvalue weighted by Crippen LogP contribution is -2.54. The van der Waals surface area contributed by atoms with Gasteiger partial charge in [-0.05, 0) is 31.0 Å². The highest BCUT2D eigenvalue weighted by Crippen LogP contribution is 2.32. The number of rotatable bonds is 2. The quantitative estimate of drug-likeness (QED) is 0.833. The minimum Gasteiger partial charge on any atom is -0.381 e. The molecule has 0 N–H and O–H groups in total. The maximum absolute atomic E-state index is 12.8. The van der Waals surface area contributed by atoms with Gasteiger partial charge in [-0.3, -0.25) is 4.79 Å². The van der Waals surface area contributed by atoms with E-state index in [2.05, 4.69) is 11.0 Å². The van der Waals surface area contributed by atoms with E-state index in [0.29, 0.717) is 44.2 Å². The average Bonchev–Trinajstić information content (AvgIpc) is 2.62. The molecule has 0 radical (unpaired) electrons. The minimum absolute atomic E-state index is 0.0333. The first-order valence-corrected chi connectivity index (χ1v) is 8.31. The Balaban J connectivity index is 1.64. The van der Waals surface area contributed by atoms with Gasteiger partial charge in [0, 0.05) is 50.1 Å². The summed E-state index contributed by atoms with van der Waals surface area (Å²) in [5.41, 5.74) is 0.182. The monoisotopic (exact) mass is 333 g/mol. The number of hydrogen-bond acceptors (Lipinski definition) is 4. The molecule has 2 aliphatic rings. The fourth-order valence-corrected chi connectivity index (χ4v) is 3.42. The Labute approximate surface area is 141 Å². The molecule has 0 atom stereocenters. The minimum atomic E-state index is -0.892. The number of nitriles is 1. The normalized spacial score (nSPS) is 20.9. The number of carbonyl (C=O) groups excluding carboxylic acids is 1. The molecule has 23 heavy (non-hydrogen) atoms. The zero-order valence-electron chi connectivity index (χ0n) is 13.0. The summed E-state index contributed by atoms with van der Waals surface area (Å²) in [5, 5.41) is 10.2. The lowest BCUT2D eigenvalue weighted by atomic mass is 9.80. The van der Waals surface area contributed by atoms with Crippen molar-refractivity contribution in [1.29, 1.82) is 5.26 Å². The van der Waals surface area contributed by atoms with Crippen LogP contribution in [0.4, 0.5) is 5.69 Å². The van der Waals surface area contributed by atoms with Crippen LogP contribution in [-0.2, 0) is 9.53 Å². The van der Waals surface area contributed by atoms with Crippen LogP contribution >= 0.6 is 11.6 Å². The molecule has 1 aromatic carbocycles. The second kappa shape index (κ2) is 6.77. The van der Waals surface area contributed by atoms with E-state index < -0.39 is 5.41 Å². The highest BCUT2D eigenvalue weighted by molar-refractivity contribution is 6.30. The third-order valence-electron chi connectivity index (χ3n) is 4.71. The molecule has 1 aromatic rings. The molecule has 0 bridgehead atoms. The molecule has 0 aliphatic carbocycles. The molecule has 2 aliphatic heterocycles. The van der Waals surface area contributed by atoms with Crippen LogP contribution in [0.25, 0.3) is 0 Å². The van der Waals surface area contributed by atoms with E-state index in [1.165, 1.54) is 0 Å². The molecular formula is C17H20ClN3O2. The first-order valence-electron chi connectivity index (χ1n) is 7.93. The van der Waals surface area contributed by atoms with E-state index in [0.717, 1.165) is 18.8 Å². The lowest BCUT2D eigenvalue weighted by molar-refractivity contribution is -0.143. The van der Waals surface area contributed by atoms with Crippen LogP contribution in [0, 0.1) is 16.7 Å². The Morgan fingerprint density at radius 2 is 1.91 bits per heavy atom. The van der Waals surface area contributed by atoms with Crippen LogP contribution in [0.5, 0.6) is 0 Å². The van der Waals surface area contributed by atoms with Crippen LogP contribution in [0.15, 0.2) is 24.3 Å². The number of amides is 1. The van der Waals surface area contributed by atoms with Crippen molar-refractivity contribution in [2.45, 2.75) is 12.8 Å². The summed E-state index contributed by atoms with van der Waals surface area (Å²) < 4.78 is 5.31. The van der Waals surface area contributed by atoms with Crippen molar-refractivity contribution in [2.24, 2.45) is 5.41 Å². The molecule has 0 aromatic heterocycles. The number of anilines is 1. The van der Waals surface area contributed by atoms with E-state index in [1.807, 2.05) is 29.2 Å². The van der Waals surface area contributed by atoms with Gasteiger partial charge in [-0.2, -0.15) is 5.26 Å². The molecule has 2 heterocycles. The topological polar surface area (TPSA) is 56.6 Å². The van der Waals surface area contributed by atoms with E-state index >= 15 is 0 Å². The third kappa shape index (κ3) is 3.29. The molecule has 0 saturated carbocycles. The number of piperazine rings is 1. The molecule has 1 amide bonds. The fourth-order valence-electron chi connectivity index (χ4n) is 3.24. The number of benzene rings is 1. The van der Waals surface area contributed by atoms with Crippen LogP contribution < -0.4 is 4.90 Å². The van der Waals surface area contributed by atoms with Gasteiger partial charge < -0.3 is 14.5 Å². The van der Waals surface area contributed by atoms with Crippen LogP contribution in [0.1, 0.15) is 12.8 Å². The Morgan fingerprint density at radius 3 is 2.52 bits per heavy atom. The second-order valence-electron chi connectivity index (χ2n) is 6.07. The van der Waals surface area contributed by atoms with Crippen molar-refractivity contribution in [3.63, 3.8) is 0 Å². The van der Waals surface area contributed by atoms with Gasteiger partial charge in [-0.25, -0.2) is 0 Å². The van der Waals surface area contributed by atoms with Gasteiger partial charge >= 0.3 is 0 Å². The Morgan fingerprint density at radius 1 is 1.22 bits per heavy atom. The van der Waals surface area contributed by atoms with Crippen LogP contribution in [-0.4, -0.2) is 50.2 Å². The maximum atomic E-state index is 12.8. The zero-order chi connectivity index (χ0) is 16.3. The van der Waals surface area contributed by atoms with E-state index in [-0.39, 0.29) is 5.91 Å².